The number of amides is 2. The van der Waals surface area contributed by atoms with Crippen molar-refractivity contribution in [2.75, 3.05) is 19.8 Å². The van der Waals surface area contributed by atoms with Gasteiger partial charge in [-0.15, -0.1) is 0 Å². The van der Waals surface area contributed by atoms with E-state index in [2.05, 4.69) is 5.32 Å². The van der Waals surface area contributed by atoms with Crippen molar-refractivity contribution in [2.45, 2.75) is 52.1 Å². The minimum atomic E-state index is -0.833. The van der Waals surface area contributed by atoms with Crippen molar-refractivity contribution in [3.63, 3.8) is 0 Å². The summed E-state index contributed by atoms with van der Waals surface area (Å²) in [5.41, 5.74) is 1.24. The van der Waals surface area contributed by atoms with Crippen LogP contribution >= 0.6 is 0 Å². The van der Waals surface area contributed by atoms with Gasteiger partial charge in [0, 0.05) is 19.5 Å². The standard InChI is InChI=1S/C25H32N2O4/c1-4-30-21-12-11-19(17-22(21)31-5-2)14-16-27-23(28)13-15-25(27,3)24(29)26-18-20-9-7-6-8-10-20/h6-12,17H,4-5,13-16,18H2,1-3H3,(H,26,29)/t25-/m1/s1. The highest BCUT2D eigenvalue weighted by Gasteiger charge is 2.46. The maximum Gasteiger partial charge on any atom is 0.245 e. The Morgan fingerprint density at radius 1 is 1.03 bits per heavy atom. The third kappa shape index (κ3) is 5.37. The van der Waals surface area contributed by atoms with Crippen molar-refractivity contribution in [1.29, 1.82) is 0 Å². The van der Waals surface area contributed by atoms with E-state index in [1.807, 2.05) is 69.3 Å². The van der Waals surface area contributed by atoms with Gasteiger partial charge in [0.25, 0.3) is 0 Å². The van der Waals surface area contributed by atoms with Crippen molar-refractivity contribution in [1.82, 2.24) is 10.2 Å². The zero-order chi connectivity index (χ0) is 22.3. The molecule has 0 radical (unpaired) electrons. The van der Waals surface area contributed by atoms with Crippen molar-refractivity contribution in [3.8, 4) is 11.5 Å². The van der Waals surface area contributed by atoms with E-state index < -0.39 is 5.54 Å². The van der Waals surface area contributed by atoms with Crippen LogP contribution in [0.15, 0.2) is 48.5 Å². The molecule has 2 aromatic carbocycles. The Balaban J connectivity index is 1.67. The Hall–Kier alpha value is -3.02. The van der Waals surface area contributed by atoms with Crippen LogP contribution in [-0.2, 0) is 22.6 Å². The average Bonchev–Trinajstić information content (AvgIpc) is 3.08. The molecule has 1 fully saturated rings. The number of likely N-dealkylation sites (tertiary alicyclic amines) is 1. The van der Waals surface area contributed by atoms with Crippen LogP contribution in [0.3, 0.4) is 0 Å². The Kier molecular flexibility index (Phi) is 7.55. The molecule has 0 unspecified atom stereocenters. The normalized spacial score (nSPS) is 18.2. The zero-order valence-corrected chi connectivity index (χ0v) is 18.6. The van der Waals surface area contributed by atoms with Gasteiger partial charge < -0.3 is 19.7 Å². The van der Waals surface area contributed by atoms with Crippen LogP contribution in [0.4, 0.5) is 0 Å². The molecule has 0 spiro atoms. The molecule has 166 valence electrons. The van der Waals surface area contributed by atoms with Gasteiger partial charge >= 0.3 is 0 Å². The quantitative estimate of drug-likeness (QED) is 0.631. The first kappa shape index (κ1) is 22.7. The summed E-state index contributed by atoms with van der Waals surface area (Å²) in [6.07, 6.45) is 1.56. The molecule has 0 aromatic heterocycles. The average molecular weight is 425 g/mol. The molecule has 31 heavy (non-hydrogen) atoms. The molecule has 6 heteroatoms. The summed E-state index contributed by atoms with van der Waals surface area (Å²) in [5, 5.41) is 3.01. The van der Waals surface area contributed by atoms with E-state index in [1.54, 1.807) is 4.90 Å². The summed E-state index contributed by atoms with van der Waals surface area (Å²) in [6.45, 7) is 7.78. The summed E-state index contributed by atoms with van der Waals surface area (Å²) in [4.78, 5) is 27.3. The lowest BCUT2D eigenvalue weighted by molar-refractivity contribution is -0.140. The van der Waals surface area contributed by atoms with E-state index in [0.29, 0.717) is 51.3 Å². The second-order valence-corrected chi connectivity index (χ2v) is 7.88. The summed E-state index contributed by atoms with van der Waals surface area (Å²) in [7, 11) is 0. The SMILES string of the molecule is CCOc1ccc(CCN2C(=O)CC[C@]2(C)C(=O)NCc2ccccc2)cc1OCC. The third-order valence-electron chi connectivity index (χ3n) is 5.74. The van der Waals surface area contributed by atoms with E-state index in [4.69, 9.17) is 9.47 Å². The Morgan fingerprint density at radius 2 is 1.74 bits per heavy atom. The molecule has 1 atom stereocenters. The monoisotopic (exact) mass is 424 g/mol. The van der Waals surface area contributed by atoms with E-state index in [1.165, 1.54) is 0 Å². The fourth-order valence-electron chi connectivity index (χ4n) is 3.96. The zero-order valence-electron chi connectivity index (χ0n) is 18.6. The van der Waals surface area contributed by atoms with Crippen LogP contribution in [0.2, 0.25) is 0 Å². The van der Waals surface area contributed by atoms with Crippen molar-refractivity contribution < 1.29 is 19.1 Å². The highest BCUT2D eigenvalue weighted by molar-refractivity contribution is 5.94. The maximum atomic E-state index is 13.0. The smallest absolute Gasteiger partial charge is 0.245 e. The summed E-state index contributed by atoms with van der Waals surface area (Å²) in [6, 6.07) is 15.6. The Bertz CT molecular complexity index is 900. The number of carbonyl (C=O) groups excluding carboxylic acids is 2. The second-order valence-electron chi connectivity index (χ2n) is 7.88. The van der Waals surface area contributed by atoms with Crippen LogP contribution in [0, 0.1) is 0 Å². The molecule has 0 aliphatic carbocycles. The van der Waals surface area contributed by atoms with Crippen molar-refractivity contribution in [2.24, 2.45) is 0 Å². The van der Waals surface area contributed by atoms with Gasteiger partial charge in [-0.1, -0.05) is 36.4 Å². The van der Waals surface area contributed by atoms with Gasteiger partial charge in [0.05, 0.1) is 13.2 Å². The number of ether oxygens (including phenoxy) is 2. The van der Waals surface area contributed by atoms with Crippen LogP contribution < -0.4 is 14.8 Å². The molecular formula is C25H32N2O4. The predicted octanol–water partition coefficient (Wildman–Crippen LogP) is 3.72. The molecule has 1 aliphatic rings. The molecule has 3 rings (SSSR count). The minimum absolute atomic E-state index is 0.0216. The highest BCUT2D eigenvalue weighted by Crippen LogP contribution is 2.32. The highest BCUT2D eigenvalue weighted by atomic mass is 16.5. The van der Waals surface area contributed by atoms with Crippen LogP contribution in [0.25, 0.3) is 0 Å². The topological polar surface area (TPSA) is 67.9 Å². The summed E-state index contributed by atoms with van der Waals surface area (Å²) < 4.78 is 11.3. The lowest BCUT2D eigenvalue weighted by Crippen LogP contribution is -2.54. The predicted molar refractivity (Wildman–Crippen MR) is 120 cm³/mol. The van der Waals surface area contributed by atoms with Gasteiger partial charge in [-0.05, 0) is 56.9 Å². The van der Waals surface area contributed by atoms with Crippen molar-refractivity contribution >= 4 is 11.8 Å². The third-order valence-corrected chi connectivity index (χ3v) is 5.74. The fraction of sp³-hybridized carbons (Fsp3) is 0.440. The first-order valence-electron chi connectivity index (χ1n) is 11.0. The number of rotatable bonds is 10. The first-order chi connectivity index (χ1) is 15.0. The van der Waals surface area contributed by atoms with Gasteiger partial charge in [-0.25, -0.2) is 0 Å². The maximum absolute atomic E-state index is 13.0. The van der Waals surface area contributed by atoms with Crippen LogP contribution in [0.5, 0.6) is 11.5 Å². The fourth-order valence-corrected chi connectivity index (χ4v) is 3.96. The molecule has 1 saturated heterocycles. The number of nitrogens with one attached hydrogen (secondary N) is 1. The van der Waals surface area contributed by atoms with Gasteiger partial charge in [0.2, 0.25) is 11.8 Å². The number of benzene rings is 2. The van der Waals surface area contributed by atoms with E-state index in [9.17, 15) is 9.59 Å². The second kappa shape index (κ2) is 10.3. The minimum Gasteiger partial charge on any atom is -0.490 e. The van der Waals surface area contributed by atoms with Gasteiger partial charge in [-0.3, -0.25) is 9.59 Å². The van der Waals surface area contributed by atoms with E-state index >= 15 is 0 Å². The molecular weight excluding hydrogens is 392 g/mol. The largest absolute Gasteiger partial charge is 0.490 e. The summed E-state index contributed by atoms with van der Waals surface area (Å²) in [5.74, 6) is 1.34. The number of hydrogen-bond acceptors (Lipinski definition) is 4. The van der Waals surface area contributed by atoms with Gasteiger partial charge in [-0.2, -0.15) is 0 Å². The Labute approximate surface area is 184 Å². The summed E-state index contributed by atoms with van der Waals surface area (Å²) >= 11 is 0. The van der Waals surface area contributed by atoms with Gasteiger partial charge in [0.15, 0.2) is 11.5 Å². The number of hydrogen-bond donors (Lipinski definition) is 1. The van der Waals surface area contributed by atoms with Gasteiger partial charge in [0.1, 0.15) is 5.54 Å². The lowest BCUT2D eigenvalue weighted by atomic mass is 9.97. The van der Waals surface area contributed by atoms with Crippen LogP contribution in [0.1, 0.15) is 44.7 Å². The van der Waals surface area contributed by atoms with E-state index in [-0.39, 0.29) is 11.8 Å². The van der Waals surface area contributed by atoms with Crippen LogP contribution in [-0.4, -0.2) is 42.0 Å². The lowest BCUT2D eigenvalue weighted by Gasteiger charge is -2.34. The molecule has 1 heterocycles. The molecule has 1 N–H and O–H groups in total. The molecule has 1 aliphatic heterocycles. The number of nitrogens with zero attached hydrogens (tertiary/aromatic N) is 1. The molecule has 0 bridgehead atoms. The number of carbonyl (C=O) groups is 2. The van der Waals surface area contributed by atoms with Crippen molar-refractivity contribution in [3.05, 3.63) is 59.7 Å². The Morgan fingerprint density at radius 3 is 2.45 bits per heavy atom. The molecule has 2 aromatic rings. The molecule has 0 saturated carbocycles. The molecule has 6 nitrogen and oxygen atoms in total. The molecule has 2 amide bonds. The van der Waals surface area contributed by atoms with E-state index in [0.717, 1.165) is 16.9 Å². The first-order valence-corrected chi connectivity index (χ1v) is 11.0.